The van der Waals surface area contributed by atoms with Gasteiger partial charge in [-0.25, -0.2) is 0 Å². The lowest BCUT2D eigenvalue weighted by atomic mass is 9.79. The molecular weight excluding hydrogens is 314 g/mol. The second-order valence-electron chi connectivity index (χ2n) is 5.35. The second-order valence-corrected chi connectivity index (χ2v) is 6.20. The van der Waals surface area contributed by atoms with Gasteiger partial charge in [0.2, 0.25) is 0 Å². The van der Waals surface area contributed by atoms with Crippen LogP contribution in [-0.4, -0.2) is 9.78 Å². The van der Waals surface area contributed by atoms with Crippen molar-refractivity contribution in [1.82, 2.24) is 9.78 Å². The van der Waals surface area contributed by atoms with Crippen molar-refractivity contribution >= 4 is 15.9 Å². The van der Waals surface area contributed by atoms with Crippen molar-refractivity contribution in [1.29, 1.82) is 0 Å². The molecule has 108 valence electrons. The Morgan fingerprint density at radius 1 is 1.30 bits per heavy atom. The molecule has 0 spiro atoms. The van der Waals surface area contributed by atoms with Gasteiger partial charge >= 0.3 is 0 Å². The first kappa shape index (κ1) is 15.3. The van der Waals surface area contributed by atoms with Crippen LogP contribution in [0.4, 0.5) is 0 Å². The fourth-order valence-corrected chi connectivity index (χ4v) is 3.40. The SMILES string of the molecule is CCC(C)C(c1ccccc1)C(N)c1c(Br)cnn1C. The number of rotatable bonds is 5. The molecule has 0 fully saturated rings. The highest BCUT2D eigenvalue weighted by molar-refractivity contribution is 9.10. The molecule has 0 aliphatic rings. The summed E-state index contributed by atoms with van der Waals surface area (Å²) in [5, 5.41) is 4.29. The summed E-state index contributed by atoms with van der Waals surface area (Å²) in [5.41, 5.74) is 8.95. The predicted octanol–water partition coefficient (Wildman–Crippen LogP) is 4.01. The van der Waals surface area contributed by atoms with Gasteiger partial charge in [0, 0.05) is 13.0 Å². The average molecular weight is 336 g/mol. The van der Waals surface area contributed by atoms with Crippen LogP contribution in [0.15, 0.2) is 41.0 Å². The highest BCUT2D eigenvalue weighted by Gasteiger charge is 2.29. The Balaban J connectivity index is 2.42. The molecule has 3 atom stereocenters. The third-order valence-corrected chi connectivity index (χ3v) is 4.69. The topological polar surface area (TPSA) is 43.8 Å². The molecule has 0 aliphatic heterocycles. The van der Waals surface area contributed by atoms with E-state index in [-0.39, 0.29) is 12.0 Å². The third kappa shape index (κ3) is 2.96. The van der Waals surface area contributed by atoms with E-state index in [0.29, 0.717) is 5.92 Å². The number of hydrogen-bond donors (Lipinski definition) is 1. The summed E-state index contributed by atoms with van der Waals surface area (Å²) < 4.78 is 2.85. The fraction of sp³-hybridized carbons (Fsp3) is 0.438. The predicted molar refractivity (Wildman–Crippen MR) is 86.5 cm³/mol. The smallest absolute Gasteiger partial charge is 0.0696 e. The molecule has 2 rings (SSSR count). The Kier molecular flexibility index (Phi) is 5.00. The molecule has 0 bridgehead atoms. The Morgan fingerprint density at radius 2 is 1.95 bits per heavy atom. The number of benzene rings is 1. The van der Waals surface area contributed by atoms with Crippen LogP contribution >= 0.6 is 15.9 Å². The molecule has 0 saturated heterocycles. The highest BCUT2D eigenvalue weighted by atomic mass is 79.9. The van der Waals surface area contributed by atoms with E-state index in [0.717, 1.165) is 16.6 Å². The molecule has 3 unspecified atom stereocenters. The van der Waals surface area contributed by atoms with Gasteiger partial charge in [0.25, 0.3) is 0 Å². The minimum Gasteiger partial charge on any atom is -0.322 e. The van der Waals surface area contributed by atoms with Gasteiger partial charge in [-0.05, 0) is 27.4 Å². The summed E-state index contributed by atoms with van der Waals surface area (Å²) in [4.78, 5) is 0. The van der Waals surface area contributed by atoms with Crippen LogP contribution in [0.25, 0.3) is 0 Å². The summed E-state index contributed by atoms with van der Waals surface area (Å²) in [6.45, 7) is 4.48. The molecular formula is C16H22BrN3. The first-order valence-corrected chi connectivity index (χ1v) is 7.83. The molecule has 2 N–H and O–H groups in total. The Hall–Kier alpha value is -1.13. The molecule has 0 aliphatic carbocycles. The Bertz CT molecular complexity index is 531. The number of nitrogens with two attached hydrogens (primary N) is 1. The van der Waals surface area contributed by atoms with Crippen LogP contribution in [-0.2, 0) is 7.05 Å². The minimum absolute atomic E-state index is 0.0748. The summed E-state index contributed by atoms with van der Waals surface area (Å²) in [7, 11) is 1.94. The molecule has 1 aromatic carbocycles. The first-order chi connectivity index (χ1) is 9.56. The second kappa shape index (κ2) is 6.55. The van der Waals surface area contributed by atoms with Crippen molar-refractivity contribution in [3.05, 3.63) is 52.3 Å². The maximum Gasteiger partial charge on any atom is 0.0696 e. The van der Waals surface area contributed by atoms with E-state index in [1.807, 2.05) is 24.0 Å². The molecule has 2 aromatic rings. The van der Waals surface area contributed by atoms with Gasteiger partial charge in [-0.1, -0.05) is 50.6 Å². The van der Waals surface area contributed by atoms with Gasteiger partial charge in [-0.2, -0.15) is 5.10 Å². The molecule has 1 heterocycles. The van der Waals surface area contributed by atoms with E-state index in [1.54, 1.807) is 0 Å². The van der Waals surface area contributed by atoms with E-state index >= 15 is 0 Å². The molecule has 1 aromatic heterocycles. The fourth-order valence-electron chi connectivity index (χ4n) is 2.78. The van der Waals surface area contributed by atoms with Crippen LogP contribution < -0.4 is 5.73 Å². The number of halogens is 1. The summed E-state index contributed by atoms with van der Waals surface area (Å²) in [5.74, 6) is 0.794. The maximum atomic E-state index is 6.60. The zero-order chi connectivity index (χ0) is 14.7. The Labute approximate surface area is 129 Å². The van der Waals surface area contributed by atoms with Crippen molar-refractivity contribution in [2.75, 3.05) is 0 Å². The molecule has 20 heavy (non-hydrogen) atoms. The van der Waals surface area contributed by atoms with Crippen LogP contribution in [0.2, 0.25) is 0 Å². The van der Waals surface area contributed by atoms with Crippen molar-refractivity contribution in [2.45, 2.75) is 32.2 Å². The molecule has 0 radical (unpaired) electrons. The Morgan fingerprint density at radius 3 is 2.45 bits per heavy atom. The lowest BCUT2D eigenvalue weighted by Crippen LogP contribution is -2.27. The zero-order valence-corrected chi connectivity index (χ0v) is 13.8. The minimum atomic E-state index is -0.0748. The lowest BCUT2D eigenvalue weighted by Gasteiger charge is -2.30. The molecule has 3 nitrogen and oxygen atoms in total. The van der Waals surface area contributed by atoms with Crippen molar-refractivity contribution in [3.63, 3.8) is 0 Å². The van der Waals surface area contributed by atoms with Gasteiger partial charge in [0.05, 0.1) is 22.4 Å². The van der Waals surface area contributed by atoms with Gasteiger partial charge < -0.3 is 5.73 Å². The summed E-state index contributed by atoms with van der Waals surface area (Å²) in [6.07, 6.45) is 2.91. The van der Waals surface area contributed by atoms with E-state index in [4.69, 9.17) is 5.73 Å². The van der Waals surface area contributed by atoms with Crippen LogP contribution in [0.5, 0.6) is 0 Å². The van der Waals surface area contributed by atoms with Gasteiger partial charge in [-0.15, -0.1) is 0 Å². The number of aryl methyl sites for hydroxylation is 1. The number of nitrogens with zero attached hydrogens (tertiary/aromatic N) is 2. The molecule has 0 amide bonds. The van der Waals surface area contributed by atoms with Crippen LogP contribution in [0.1, 0.15) is 43.5 Å². The van der Waals surface area contributed by atoms with E-state index in [1.165, 1.54) is 5.56 Å². The molecule has 0 saturated carbocycles. The van der Waals surface area contributed by atoms with E-state index in [2.05, 4.69) is 59.1 Å². The van der Waals surface area contributed by atoms with Gasteiger partial charge in [0.15, 0.2) is 0 Å². The van der Waals surface area contributed by atoms with Crippen molar-refractivity contribution in [2.24, 2.45) is 18.7 Å². The van der Waals surface area contributed by atoms with Crippen LogP contribution in [0.3, 0.4) is 0 Å². The maximum absolute atomic E-state index is 6.60. The van der Waals surface area contributed by atoms with Gasteiger partial charge in [0.1, 0.15) is 0 Å². The van der Waals surface area contributed by atoms with Crippen molar-refractivity contribution < 1.29 is 0 Å². The number of aromatic nitrogens is 2. The monoisotopic (exact) mass is 335 g/mol. The standard InChI is InChI=1S/C16H22BrN3/c1-4-11(2)14(12-8-6-5-7-9-12)15(18)16-13(17)10-19-20(16)3/h5-11,14-15H,4,18H2,1-3H3. The van der Waals surface area contributed by atoms with Gasteiger partial charge in [-0.3, -0.25) is 4.68 Å². The normalized spacial score (nSPS) is 15.8. The summed E-state index contributed by atoms with van der Waals surface area (Å²) >= 11 is 3.57. The highest BCUT2D eigenvalue weighted by Crippen LogP contribution is 2.38. The third-order valence-electron chi connectivity index (χ3n) is 4.08. The van der Waals surface area contributed by atoms with E-state index in [9.17, 15) is 0 Å². The zero-order valence-electron chi connectivity index (χ0n) is 12.3. The molecule has 4 heteroatoms. The quantitative estimate of drug-likeness (QED) is 0.896. The lowest BCUT2D eigenvalue weighted by molar-refractivity contribution is 0.375. The summed E-state index contributed by atoms with van der Waals surface area (Å²) in [6, 6.07) is 10.5. The van der Waals surface area contributed by atoms with Crippen molar-refractivity contribution in [3.8, 4) is 0 Å². The largest absolute Gasteiger partial charge is 0.322 e. The van der Waals surface area contributed by atoms with Crippen LogP contribution in [0, 0.1) is 5.92 Å². The number of hydrogen-bond acceptors (Lipinski definition) is 2. The first-order valence-electron chi connectivity index (χ1n) is 7.04. The van der Waals surface area contributed by atoms with E-state index < -0.39 is 0 Å². The average Bonchev–Trinajstić information content (AvgIpc) is 2.79.